The first-order valence-corrected chi connectivity index (χ1v) is 19.4. The normalized spacial score (nSPS) is 30.7. The number of fused-ring (bicyclic) bond motifs is 5. The molecule has 4 aliphatic rings. The van der Waals surface area contributed by atoms with Gasteiger partial charge in [-0.25, -0.2) is 4.39 Å². The number of benzene rings is 1. The Balaban J connectivity index is 1.08. The van der Waals surface area contributed by atoms with Crippen molar-refractivity contribution in [1.82, 2.24) is 4.90 Å². The molecule has 0 aromatic heterocycles. The summed E-state index contributed by atoms with van der Waals surface area (Å²) in [7, 11) is 2.07. The molecule has 7 atom stereocenters. The number of phenols is 1. The SMILES string of the molecule is CN(CCCCC[C@@H]1Cc2cc(O)c(F)cc2[C@H]2CC[C@]3(C)[C@@H](OC4CCCCO4)CC[C@H]3[C@H]12)CCCSCCCC(F)(F)C(F)(F)F. The highest BCUT2D eigenvalue weighted by molar-refractivity contribution is 7.99. The topological polar surface area (TPSA) is 41.9 Å². The molecule has 11 heteroatoms. The molecule has 1 unspecified atom stereocenters. The lowest BCUT2D eigenvalue weighted by Crippen LogP contribution is -2.48. The van der Waals surface area contributed by atoms with Gasteiger partial charge in [0.15, 0.2) is 17.9 Å². The number of rotatable bonds is 16. The maximum Gasteiger partial charge on any atom is 0.453 e. The smallest absolute Gasteiger partial charge is 0.453 e. The first kappa shape index (κ1) is 38.1. The molecule has 5 rings (SSSR count). The zero-order chi connectivity index (χ0) is 34.5. The summed E-state index contributed by atoms with van der Waals surface area (Å²) >= 11 is 1.44. The summed E-state index contributed by atoms with van der Waals surface area (Å²) in [4.78, 5) is 2.27. The van der Waals surface area contributed by atoms with E-state index in [0.29, 0.717) is 29.4 Å². The van der Waals surface area contributed by atoms with Crippen molar-refractivity contribution in [3.05, 3.63) is 29.1 Å². The Morgan fingerprint density at radius 2 is 1.75 bits per heavy atom. The Hall–Kier alpha value is -1.17. The van der Waals surface area contributed by atoms with Gasteiger partial charge in [-0.05, 0) is 161 Å². The zero-order valence-electron chi connectivity index (χ0n) is 28.6. The average Bonchev–Trinajstić information content (AvgIpc) is 3.36. The number of halogens is 6. The molecule has 2 saturated carbocycles. The minimum Gasteiger partial charge on any atom is -0.505 e. The zero-order valence-corrected chi connectivity index (χ0v) is 29.5. The van der Waals surface area contributed by atoms with Crippen molar-refractivity contribution in [2.45, 2.75) is 134 Å². The summed E-state index contributed by atoms with van der Waals surface area (Å²) in [5, 5.41) is 10.2. The number of unbranched alkanes of at least 4 members (excludes halogenated alkanes) is 2. The summed E-state index contributed by atoms with van der Waals surface area (Å²) in [5.74, 6) is -2.55. The predicted molar refractivity (Wildman–Crippen MR) is 178 cm³/mol. The van der Waals surface area contributed by atoms with Gasteiger partial charge in [-0.2, -0.15) is 33.7 Å². The van der Waals surface area contributed by atoms with Crippen LogP contribution >= 0.6 is 11.8 Å². The molecule has 1 saturated heterocycles. The van der Waals surface area contributed by atoms with E-state index in [-0.39, 0.29) is 30.0 Å². The van der Waals surface area contributed by atoms with E-state index < -0.39 is 24.3 Å². The highest BCUT2D eigenvalue weighted by Gasteiger charge is 2.58. The standard InChI is InChI=1S/C37H55F6NO3S/c1-35-16-14-27-28-24-30(38)31(45)23-26(28)22-25(34(27)29(35)12-13-32(35)47-33-11-5-7-19-46-33)10-4-3-6-17-44(2)18-9-21-48-20-8-15-36(39,40)37(41,42)43/h23-25,27,29,32-34,45H,3-22H2,1-2H3/t25-,27-,29+,32+,33?,34-,35+/m1/s1. The molecule has 1 aromatic rings. The molecule has 0 radical (unpaired) electrons. The van der Waals surface area contributed by atoms with Gasteiger partial charge in [0.25, 0.3) is 0 Å². The van der Waals surface area contributed by atoms with E-state index in [0.717, 1.165) is 120 Å². The fourth-order valence-electron chi connectivity index (χ4n) is 9.40. The van der Waals surface area contributed by atoms with Crippen LogP contribution in [0.2, 0.25) is 0 Å². The Bertz CT molecular complexity index is 1180. The van der Waals surface area contributed by atoms with Crippen molar-refractivity contribution < 1.29 is 40.9 Å². The summed E-state index contributed by atoms with van der Waals surface area (Å²) in [6, 6.07) is 3.29. The van der Waals surface area contributed by atoms with Crippen LogP contribution in [-0.2, 0) is 15.9 Å². The molecule has 48 heavy (non-hydrogen) atoms. The van der Waals surface area contributed by atoms with E-state index in [9.17, 15) is 31.4 Å². The lowest BCUT2D eigenvalue weighted by molar-refractivity contribution is -0.284. The molecule has 274 valence electrons. The summed E-state index contributed by atoms with van der Waals surface area (Å²) < 4.78 is 90.2. The van der Waals surface area contributed by atoms with Gasteiger partial charge in [-0.15, -0.1) is 0 Å². The van der Waals surface area contributed by atoms with E-state index >= 15 is 0 Å². The van der Waals surface area contributed by atoms with Crippen LogP contribution in [0.3, 0.4) is 0 Å². The van der Waals surface area contributed by atoms with Gasteiger partial charge >= 0.3 is 12.1 Å². The fourth-order valence-corrected chi connectivity index (χ4v) is 10.3. The van der Waals surface area contributed by atoms with E-state index in [2.05, 4.69) is 18.9 Å². The molecular formula is C37H55F6NO3S. The molecule has 0 bridgehead atoms. The Morgan fingerprint density at radius 1 is 0.979 bits per heavy atom. The van der Waals surface area contributed by atoms with E-state index in [4.69, 9.17) is 9.47 Å². The number of aromatic hydroxyl groups is 1. The van der Waals surface area contributed by atoms with E-state index in [1.165, 1.54) is 11.8 Å². The summed E-state index contributed by atoms with van der Waals surface area (Å²) in [5.41, 5.74) is 2.30. The van der Waals surface area contributed by atoms with Crippen molar-refractivity contribution >= 4 is 11.8 Å². The Labute approximate surface area is 287 Å². The average molecular weight is 708 g/mol. The minimum absolute atomic E-state index is 0.0857. The molecule has 3 fully saturated rings. The summed E-state index contributed by atoms with van der Waals surface area (Å²) in [6.45, 7) is 5.03. The molecule has 1 aromatic carbocycles. The number of thioether (sulfide) groups is 1. The Kier molecular flexibility index (Phi) is 13.0. The first-order chi connectivity index (χ1) is 22.8. The predicted octanol–water partition coefficient (Wildman–Crippen LogP) is 10.1. The van der Waals surface area contributed by atoms with Crippen LogP contribution in [0.4, 0.5) is 26.3 Å². The van der Waals surface area contributed by atoms with Gasteiger partial charge in [-0.1, -0.05) is 19.8 Å². The van der Waals surface area contributed by atoms with Crippen molar-refractivity contribution in [3.63, 3.8) is 0 Å². The van der Waals surface area contributed by atoms with Crippen molar-refractivity contribution in [2.24, 2.45) is 23.2 Å². The van der Waals surface area contributed by atoms with Crippen LogP contribution < -0.4 is 0 Å². The van der Waals surface area contributed by atoms with Crippen LogP contribution in [0, 0.1) is 29.0 Å². The van der Waals surface area contributed by atoms with Gasteiger partial charge < -0.3 is 19.5 Å². The van der Waals surface area contributed by atoms with Gasteiger partial charge in [0.1, 0.15) is 0 Å². The molecule has 4 nitrogen and oxygen atoms in total. The first-order valence-electron chi connectivity index (χ1n) is 18.3. The van der Waals surface area contributed by atoms with Gasteiger partial charge in [0, 0.05) is 13.0 Å². The molecule has 3 aliphatic carbocycles. The molecule has 0 spiro atoms. The lowest BCUT2D eigenvalue weighted by atomic mass is 9.52. The van der Waals surface area contributed by atoms with E-state index in [1.807, 2.05) is 0 Å². The van der Waals surface area contributed by atoms with Crippen LogP contribution in [0.15, 0.2) is 12.1 Å². The third-order valence-corrected chi connectivity index (χ3v) is 13.1. The highest BCUT2D eigenvalue weighted by Crippen LogP contribution is 2.63. The second-order valence-electron chi connectivity index (χ2n) is 15.2. The van der Waals surface area contributed by atoms with E-state index in [1.54, 1.807) is 12.1 Å². The van der Waals surface area contributed by atoms with Crippen LogP contribution in [-0.4, -0.2) is 72.7 Å². The number of hydrogen-bond acceptors (Lipinski definition) is 5. The maximum atomic E-state index is 14.7. The lowest BCUT2D eigenvalue weighted by Gasteiger charge is -2.54. The van der Waals surface area contributed by atoms with Crippen molar-refractivity contribution in [1.29, 1.82) is 0 Å². The van der Waals surface area contributed by atoms with Crippen LogP contribution in [0.1, 0.15) is 114 Å². The highest BCUT2D eigenvalue weighted by atomic mass is 32.2. The second kappa shape index (κ2) is 16.4. The van der Waals surface area contributed by atoms with Crippen LogP contribution in [0.25, 0.3) is 0 Å². The number of phenolic OH excluding ortho intramolecular Hbond substituents is 1. The molecule has 1 heterocycles. The second-order valence-corrected chi connectivity index (χ2v) is 16.4. The van der Waals surface area contributed by atoms with Gasteiger partial charge in [-0.3, -0.25) is 0 Å². The van der Waals surface area contributed by atoms with Gasteiger partial charge in [0.05, 0.1) is 6.10 Å². The third-order valence-electron chi connectivity index (χ3n) is 12.0. The Morgan fingerprint density at radius 3 is 2.50 bits per heavy atom. The van der Waals surface area contributed by atoms with Crippen LogP contribution in [0.5, 0.6) is 5.75 Å². The quantitative estimate of drug-likeness (QED) is 0.137. The molecule has 0 amide bonds. The number of nitrogens with zero attached hydrogens (tertiary/aromatic N) is 1. The minimum atomic E-state index is -5.47. The molecule has 1 N–H and O–H groups in total. The number of hydrogen-bond donors (Lipinski definition) is 1. The molecular weight excluding hydrogens is 652 g/mol. The van der Waals surface area contributed by atoms with Gasteiger partial charge in [0.2, 0.25) is 0 Å². The fraction of sp³-hybridized carbons (Fsp3) is 0.838. The monoisotopic (exact) mass is 707 g/mol. The van der Waals surface area contributed by atoms with Crippen molar-refractivity contribution in [2.75, 3.05) is 38.2 Å². The number of alkyl halides is 5. The number of ether oxygens (including phenoxy) is 2. The summed E-state index contributed by atoms with van der Waals surface area (Å²) in [6.07, 6.45) is 6.94. The third kappa shape index (κ3) is 9.00. The van der Waals surface area contributed by atoms with Crippen molar-refractivity contribution in [3.8, 4) is 5.75 Å². The largest absolute Gasteiger partial charge is 0.505 e. The molecule has 1 aliphatic heterocycles. The maximum absolute atomic E-state index is 14.7.